The van der Waals surface area contributed by atoms with E-state index in [4.69, 9.17) is 5.11 Å². The molecule has 102 valence electrons. The normalized spacial score (nSPS) is 16.2. The van der Waals surface area contributed by atoms with Gasteiger partial charge in [0.2, 0.25) is 5.91 Å². The summed E-state index contributed by atoms with van der Waals surface area (Å²) < 4.78 is 0. The van der Waals surface area contributed by atoms with Crippen LogP contribution in [0.4, 0.5) is 11.4 Å². The number of carboxylic acid groups (broad SMARTS) is 1. The molecule has 5 nitrogen and oxygen atoms in total. The molecule has 1 aromatic rings. The number of hydrogen-bond donors (Lipinski definition) is 2. The van der Waals surface area contributed by atoms with Crippen LogP contribution in [-0.4, -0.2) is 30.1 Å². The number of hydrogen-bond acceptors (Lipinski definition) is 3. The van der Waals surface area contributed by atoms with Crippen molar-refractivity contribution in [3.05, 3.63) is 24.3 Å². The molecule has 1 fully saturated rings. The monoisotopic (exact) mass is 262 g/mol. The van der Waals surface area contributed by atoms with Gasteiger partial charge >= 0.3 is 5.97 Å². The molecule has 1 aromatic carbocycles. The molecule has 1 aliphatic heterocycles. The highest BCUT2D eigenvalue weighted by molar-refractivity contribution is 6.04. The fraction of sp³-hybridized carbons (Fsp3) is 0.429. The summed E-state index contributed by atoms with van der Waals surface area (Å²) >= 11 is 0. The average molecular weight is 262 g/mol. The van der Waals surface area contributed by atoms with Gasteiger partial charge < -0.3 is 15.3 Å². The fourth-order valence-corrected chi connectivity index (χ4v) is 2.12. The van der Waals surface area contributed by atoms with E-state index in [-0.39, 0.29) is 0 Å². The summed E-state index contributed by atoms with van der Waals surface area (Å²) in [6, 6.07) is 7.53. The Morgan fingerprint density at radius 1 is 1.32 bits per heavy atom. The molecule has 0 saturated carbocycles. The first-order valence-electron chi connectivity index (χ1n) is 6.46. The van der Waals surface area contributed by atoms with Gasteiger partial charge in [-0.15, -0.1) is 0 Å². The minimum Gasteiger partial charge on any atom is -0.481 e. The lowest BCUT2D eigenvalue weighted by Crippen LogP contribution is -2.27. The van der Waals surface area contributed by atoms with Crippen LogP contribution in [0.3, 0.4) is 0 Å². The van der Waals surface area contributed by atoms with Crippen molar-refractivity contribution in [3.8, 4) is 0 Å². The molecule has 2 N–H and O–H groups in total. The molecule has 1 heterocycles. The lowest BCUT2D eigenvalue weighted by Gasteiger charge is -2.18. The van der Waals surface area contributed by atoms with Gasteiger partial charge in [0.1, 0.15) is 5.92 Å². The Morgan fingerprint density at radius 3 is 2.63 bits per heavy atom. The highest BCUT2D eigenvalue weighted by atomic mass is 16.4. The van der Waals surface area contributed by atoms with Crippen LogP contribution in [0.5, 0.6) is 0 Å². The van der Waals surface area contributed by atoms with Crippen LogP contribution in [-0.2, 0) is 9.59 Å². The van der Waals surface area contributed by atoms with Crippen LogP contribution in [0.1, 0.15) is 19.8 Å². The third kappa shape index (κ3) is 3.24. The van der Waals surface area contributed by atoms with Crippen molar-refractivity contribution in [1.29, 1.82) is 0 Å². The molecule has 5 heteroatoms. The highest BCUT2D eigenvalue weighted by Gasteiger charge is 2.20. The number of aliphatic carboxylic acids is 1. The zero-order chi connectivity index (χ0) is 13.8. The Hall–Kier alpha value is -2.04. The van der Waals surface area contributed by atoms with Crippen LogP contribution in [0.25, 0.3) is 0 Å². The average Bonchev–Trinajstić information content (AvgIpc) is 2.91. The minimum absolute atomic E-state index is 0.494. The Kier molecular flexibility index (Phi) is 4.04. The first-order chi connectivity index (χ1) is 9.08. The number of nitrogens with one attached hydrogen (secondary N) is 1. The Balaban J connectivity index is 2.06. The first kappa shape index (κ1) is 13.4. The summed E-state index contributed by atoms with van der Waals surface area (Å²) in [5, 5.41) is 11.4. The van der Waals surface area contributed by atoms with E-state index in [1.165, 1.54) is 19.8 Å². The smallest absolute Gasteiger partial charge is 0.315 e. The van der Waals surface area contributed by atoms with Crippen LogP contribution in [0.2, 0.25) is 0 Å². The van der Waals surface area contributed by atoms with Crippen LogP contribution < -0.4 is 10.2 Å². The topological polar surface area (TPSA) is 69.6 Å². The van der Waals surface area contributed by atoms with Crippen molar-refractivity contribution < 1.29 is 14.7 Å². The minimum atomic E-state index is -1.12. The van der Waals surface area contributed by atoms with E-state index >= 15 is 0 Å². The van der Waals surface area contributed by atoms with Crippen molar-refractivity contribution in [2.24, 2.45) is 5.92 Å². The number of nitrogens with zero attached hydrogens (tertiary/aromatic N) is 1. The molecule has 19 heavy (non-hydrogen) atoms. The maximum atomic E-state index is 11.7. The first-order valence-corrected chi connectivity index (χ1v) is 6.46. The molecule has 1 unspecified atom stereocenters. The van der Waals surface area contributed by atoms with Gasteiger partial charge in [0.15, 0.2) is 0 Å². The van der Waals surface area contributed by atoms with Gasteiger partial charge in [-0.2, -0.15) is 0 Å². The molecule has 1 amide bonds. The molecule has 0 spiro atoms. The van der Waals surface area contributed by atoms with Gasteiger partial charge in [-0.25, -0.2) is 0 Å². The lowest BCUT2D eigenvalue weighted by molar-refractivity contribution is -0.144. The number of anilines is 2. The van der Waals surface area contributed by atoms with Crippen LogP contribution >= 0.6 is 0 Å². The van der Waals surface area contributed by atoms with E-state index in [1.54, 1.807) is 6.07 Å². The molecule has 0 bridgehead atoms. The number of carboxylic acids is 1. The van der Waals surface area contributed by atoms with Gasteiger partial charge in [0.25, 0.3) is 0 Å². The second kappa shape index (κ2) is 5.73. The quantitative estimate of drug-likeness (QED) is 0.814. The summed E-state index contributed by atoms with van der Waals surface area (Å²) in [6.45, 7) is 3.44. The van der Waals surface area contributed by atoms with E-state index in [1.807, 2.05) is 18.2 Å². The Labute approximate surface area is 112 Å². The largest absolute Gasteiger partial charge is 0.481 e. The molecule has 1 saturated heterocycles. The summed E-state index contributed by atoms with van der Waals surface area (Å²) in [5.74, 6) is -2.66. The third-order valence-corrected chi connectivity index (χ3v) is 3.35. The maximum Gasteiger partial charge on any atom is 0.315 e. The molecule has 0 radical (unpaired) electrons. The maximum absolute atomic E-state index is 11.7. The van der Waals surface area contributed by atoms with E-state index in [9.17, 15) is 9.59 Å². The fourth-order valence-electron chi connectivity index (χ4n) is 2.12. The summed E-state index contributed by atoms with van der Waals surface area (Å²) in [4.78, 5) is 24.7. The number of amides is 1. The van der Waals surface area contributed by atoms with Crippen LogP contribution in [0, 0.1) is 5.92 Å². The SMILES string of the molecule is CC(C(=O)O)C(=O)Nc1cccc(N2CCCC2)c1. The van der Waals surface area contributed by atoms with Crippen molar-refractivity contribution >= 4 is 23.3 Å². The molecule has 1 aliphatic rings. The molecular weight excluding hydrogens is 244 g/mol. The Morgan fingerprint density at radius 2 is 2.00 bits per heavy atom. The second-order valence-electron chi connectivity index (χ2n) is 4.79. The van der Waals surface area contributed by atoms with E-state index in [0.29, 0.717) is 5.69 Å². The molecule has 0 aliphatic carbocycles. The second-order valence-corrected chi connectivity index (χ2v) is 4.79. The number of carbonyl (C=O) groups is 2. The number of rotatable bonds is 4. The van der Waals surface area contributed by atoms with Gasteiger partial charge in [-0.05, 0) is 38.0 Å². The Bertz CT molecular complexity index is 481. The molecular formula is C14H18N2O3. The predicted molar refractivity (Wildman–Crippen MR) is 73.3 cm³/mol. The summed E-state index contributed by atoms with van der Waals surface area (Å²) in [7, 11) is 0. The molecule has 0 aromatic heterocycles. The van der Waals surface area contributed by atoms with Gasteiger partial charge in [0, 0.05) is 24.5 Å². The highest BCUT2D eigenvalue weighted by Crippen LogP contribution is 2.23. The predicted octanol–water partition coefficient (Wildman–Crippen LogP) is 1.95. The zero-order valence-corrected chi connectivity index (χ0v) is 10.9. The van der Waals surface area contributed by atoms with E-state index in [2.05, 4.69) is 10.2 Å². The van der Waals surface area contributed by atoms with Crippen molar-refractivity contribution in [1.82, 2.24) is 0 Å². The molecule has 1 atom stereocenters. The number of carbonyl (C=O) groups excluding carboxylic acids is 1. The standard InChI is InChI=1S/C14H18N2O3/c1-10(14(18)19)13(17)15-11-5-4-6-12(9-11)16-7-2-3-8-16/h4-6,9-10H,2-3,7-8H2,1H3,(H,15,17)(H,18,19). The van der Waals surface area contributed by atoms with Crippen molar-refractivity contribution in [2.75, 3.05) is 23.3 Å². The number of benzene rings is 1. The van der Waals surface area contributed by atoms with Gasteiger partial charge in [-0.1, -0.05) is 6.07 Å². The third-order valence-electron chi connectivity index (χ3n) is 3.35. The summed E-state index contributed by atoms with van der Waals surface area (Å²) in [6.07, 6.45) is 2.37. The van der Waals surface area contributed by atoms with Crippen molar-refractivity contribution in [2.45, 2.75) is 19.8 Å². The van der Waals surface area contributed by atoms with Crippen LogP contribution in [0.15, 0.2) is 24.3 Å². The van der Waals surface area contributed by atoms with Gasteiger partial charge in [0.05, 0.1) is 0 Å². The molecule has 2 rings (SSSR count). The zero-order valence-electron chi connectivity index (χ0n) is 10.9. The lowest BCUT2D eigenvalue weighted by atomic mass is 10.1. The van der Waals surface area contributed by atoms with E-state index < -0.39 is 17.8 Å². The van der Waals surface area contributed by atoms with Gasteiger partial charge in [-0.3, -0.25) is 9.59 Å². The summed E-state index contributed by atoms with van der Waals surface area (Å²) in [5.41, 5.74) is 1.71. The van der Waals surface area contributed by atoms with E-state index in [0.717, 1.165) is 18.8 Å². The van der Waals surface area contributed by atoms with Crippen molar-refractivity contribution in [3.63, 3.8) is 0 Å².